The summed E-state index contributed by atoms with van der Waals surface area (Å²) in [6.07, 6.45) is -0.525. The minimum Gasteiger partial charge on any atom is -0.467 e. The SMILES string of the molecule is COC(=O)[C@H](Cc1ccccc1)NC(=O)NCc1ccc([C@H]2O[C@@H](CSc3ccccc3)[C@@H](C)[C@@H](c3ccc(CO)cc3)O2)cc1. The van der Waals surface area contributed by atoms with Crippen molar-refractivity contribution in [1.29, 1.82) is 0 Å². The average molecular weight is 641 g/mol. The first-order chi connectivity index (χ1) is 22.4. The lowest BCUT2D eigenvalue weighted by molar-refractivity contribution is -0.268. The third kappa shape index (κ3) is 8.98. The number of nitrogens with one attached hydrogen (secondary N) is 2. The van der Waals surface area contributed by atoms with Crippen LogP contribution in [0.2, 0.25) is 0 Å². The first kappa shape index (κ1) is 33.2. The molecule has 1 fully saturated rings. The lowest BCUT2D eigenvalue weighted by atomic mass is 9.91. The number of aliphatic hydroxyl groups is 1. The Morgan fingerprint density at radius 1 is 0.826 bits per heavy atom. The van der Waals surface area contributed by atoms with Crippen LogP contribution in [-0.4, -0.2) is 42.1 Å². The second kappa shape index (κ2) is 16.4. The van der Waals surface area contributed by atoms with Gasteiger partial charge in [-0.25, -0.2) is 9.59 Å². The summed E-state index contributed by atoms with van der Waals surface area (Å²) in [6.45, 7) is 2.41. The van der Waals surface area contributed by atoms with Crippen LogP contribution in [-0.2, 0) is 38.6 Å². The Hall–Kier alpha value is -4.15. The van der Waals surface area contributed by atoms with Gasteiger partial charge >= 0.3 is 12.0 Å². The molecule has 0 aromatic heterocycles. The van der Waals surface area contributed by atoms with Gasteiger partial charge < -0.3 is 30.0 Å². The smallest absolute Gasteiger partial charge is 0.328 e. The molecule has 1 aliphatic heterocycles. The highest BCUT2D eigenvalue weighted by Gasteiger charge is 2.38. The summed E-state index contributed by atoms with van der Waals surface area (Å²) in [5, 5.41) is 15.1. The van der Waals surface area contributed by atoms with Gasteiger partial charge in [-0.2, -0.15) is 0 Å². The van der Waals surface area contributed by atoms with Crippen molar-refractivity contribution in [1.82, 2.24) is 10.6 Å². The Morgan fingerprint density at radius 2 is 1.46 bits per heavy atom. The van der Waals surface area contributed by atoms with E-state index in [-0.39, 0.29) is 31.3 Å². The van der Waals surface area contributed by atoms with Gasteiger partial charge in [0, 0.05) is 35.1 Å². The Morgan fingerprint density at radius 3 is 2.11 bits per heavy atom. The van der Waals surface area contributed by atoms with E-state index >= 15 is 0 Å². The number of rotatable bonds is 12. The number of thioether (sulfide) groups is 1. The minimum absolute atomic E-state index is 0.00809. The first-order valence-corrected chi connectivity index (χ1v) is 16.4. The fourth-order valence-corrected chi connectivity index (χ4v) is 6.46. The summed E-state index contributed by atoms with van der Waals surface area (Å²) in [5.41, 5.74) is 4.57. The van der Waals surface area contributed by atoms with Crippen LogP contribution in [0.25, 0.3) is 0 Å². The molecule has 4 aromatic carbocycles. The Labute approximate surface area is 274 Å². The number of hydrogen-bond donors (Lipinski definition) is 3. The summed E-state index contributed by atoms with van der Waals surface area (Å²) in [7, 11) is 1.31. The number of urea groups is 1. The number of esters is 1. The molecular weight excluding hydrogens is 600 g/mol. The van der Waals surface area contributed by atoms with Gasteiger partial charge in [0.25, 0.3) is 0 Å². The topological polar surface area (TPSA) is 106 Å². The summed E-state index contributed by atoms with van der Waals surface area (Å²) < 4.78 is 18.0. The van der Waals surface area contributed by atoms with E-state index in [1.54, 1.807) is 11.8 Å². The van der Waals surface area contributed by atoms with Crippen molar-refractivity contribution in [2.24, 2.45) is 5.92 Å². The molecule has 1 saturated heterocycles. The normalized spacial score (nSPS) is 20.0. The zero-order valence-corrected chi connectivity index (χ0v) is 26.8. The number of hydrogen-bond acceptors (Lipinski definition) is 7. The lowest BCUT2D eigenvalue weighted by Gasteiger charge is -2.41. The fourth-order valence-electron chi connectivity index (χ4n) is 5.37. The van der Waals surface area contributed by atoms with E-state index in [0.717, 1.165) is 33.6 Å². The average Bonchev–Trinajstić information content (AvgIpc) is 3.11. The molecule has 46 heavy (non-hydrogen) atoms. The van der Waals surface area contributed by atoms with Gasteiger partial charge in [-0.05, 0) is 34.4 Å². The van der Waals surface area contributed by atoms with Crippen molar-refractivity contribution in [3.05, 3.63) is 137 Å². The Kier molecular flexibility index (Phi) is 11.9. The number of carbonyl (C=O) groups is 2. The molecule has 0 radical (unpaired) electrons. The lowest BCUT2D eigenvalue weighted by Crippen LogP contribution is -2.47. The van der Waals surface area contributed by atoms with E-state index in [0.29, 0.717) is 6.42 Å². The molecule has 8 nitrogen and oxygen atoms in total. The van der Waals surface area contributed by atoms with Crippen LogP contribution in [0.3, 0.4) is 0 Å². The molecule has 1 aliphatic rings. The van der Waals surface area contributed by atoms with E-state index in [1.165, 1.54) is 12.0 Å². The first-order valence-electron chi connectivity index (χ1n) is 15.4. The quantitative estimate of drug-likeness (QED) is 0.123. The summed E-state index contributed by atoms with van der Waals surface area (Å²) in [6, 6.07) is 34.1. The summed E-state index contributed by atoms with van der Waals surface area (Å²) in [4.78, 5) is 26.2. The number of benzene rings is 4. The van der Waals surface area contributed by atoms with E-state index in [2.05, 4.69) is 29.7 Å². The van der Waals surface area contributed by atoms with Gasteiger partial charge in [-0.1, -0.05) is 104 Å². The highest BCUT2D eigenvalue weighted by molar-refractivity contribution is 7.99. The van der Waals surface area contributed by atoms with Crippen LogP contribution in [0, 0.1) is 5.92 Å². The number of ether oxygens (including phenoxy) is 3. The third-order valence-electron chi connectivity index (χ3n) is 8.06. The van der Waals surface area contributed by atoms with Crippen molar-refractivity contribution in [2.75, 3.05) is 12.9 Å². The Bertz CT molecular complexity index is 1540. The number of methoxy groups -OCH3 is 1. The van der Waals surface area contributed by atoms with Crippen LogP contribution in [0.1, 0.15) is 47.1 Å². The maximum absolute atomic E-state index is 12.7. The fraction of sp³-hybridized carbons (Fsp3) is 0.297. The molecule has 2 amide bonds. The second-order valence-corrected chi connectivity index (χ2v) is 12.4. The molecule has 5 atom stereocenters. The van der Waals surface area contributed by atoms with E-state index < -0.39 is 24.3 Å². The molecule has 9 heteroatoms. The number of amides is 2. The van der Waals surface area contributed by atoms with Gasteiger partial charge in [0.05, 0.1) is 25.9 Å². The molecule has 0 saturated carbocycles. The maximum Gasteiger partial charge on any atom is 0.328 e. The van der Waals surface area contributed by atoms with Gasteiger partial charge in [0.2, 0.25) is 0 Å². The van der Waals surface area contributed by atoms with Crippen molar-refractivity contribution in [2.45, 2.75) is 55.9 Å². The van der Waals surface area contributed by atoms with Crippen LogP contribution in [0.5, 0.6) is 0 Å². The monoisotopic (exact) mass is 640 g/mol. The molecule has 4 aromatic rings. The number of carbonyl (C=O) groups excluding carboxylic acids is 2. The van der Waals surface area contributed by atoms with E-state index in [4.69, 9.17) is 14.2 Å². The molecule has 5 rings (SSSR count). The predicted octanol–water partition coefficient (Wildman–Crippen LogP) is 6.35. The van der Waals surface area contributed by atoms with Crippen molar-refractivity contribution in [3.8, 4) is 0 Å². The van der Waals surface area contributed by atoms with Gasteiger partial charge in [-0.15, -0.1) is 11.8 Å². The molecule has 3 N–H and O–H groups in total. The zero-order chi connectivity index (χ0) is 32.3. The summed E-state index contributed by atoms with van der Waals surface area (Å²) in [5.74, 6) is 0.350. The van der Waals surface area contributed by atoms with Crippen molar-refractivity contribution < 1.29 is 28.9 Å². The molecule has 240 valence electrons. The number of aliphatic hydroxyl groups excluding tert-OH is 1. The van der Waals surface area contributed by atoms with Crippen LogP contribution < -0.4 is 10.6 Å². The zero-order valence-electron chi connectivity index (χ0n) is 26.0. The standard InChI is InChI=1S/C37H40N2O6S/c1-25-33(24-46-31-11-7-4-8-12-31)44-36(45-34(25)29-17-15-28(23-40)16-18-29)30-19-13-27(14-20-30)22-38-37(42)39-32(35(41)43-2)21-26-9-5-3-6-10-26/h3-20,25,32-34,36,40H,21-24H2,1-2H3,(H2,38,39,42)/t25-,32+,33+,34+,36+/m1/s1. The maximum atomic E-state index is 12.7. The Balaban J connectivity index is 1.23. The van der Waals surface area contributed by atoms with E-state index in [9.17, 15) is 14.7 Å². The highest BCUT2D eigenvalue weighted by atomic mass is 32.2. The molecular formula is C37H40N2O6S. The minimum atomic E-state index is -0.807. The molecule has 1 heterocycles. The third-order valence-corrected chi connectivity index (χ3v) is 9.16. The van der Waals surface area contributed by atoms with Crippen LogP contribution in [0.4, 0.5) is 4.79 Å². The van der Waals surface area contributed by atoms with Crippen LogP contribution >= 0.6 is 11.8 Å². The second-order valence-electron chi connectivity index (χ2n) is 11.3. The molecule has 0 spiro atoms. The van der Waals surface area contributed by atoms with Gasteiger partial charge in [-0.3, -0.25) is 0 Å². The summed E-state index contributed by atoms with van der Waals surface area (Å²) >= 11 is 1.76. The molecule has 0 unspecified atom stereocenters. The van der Waals surface area contributed by atoms with Crippen LogP contribution in [0.15, 0.2) is 114 Å². The molecule has 0 aliphatic carbocycles. The van der Waals surface area contributed by atoms with Crippen molar-refractivity contribution >= 4 is 23.8 Å². The van der Waals surface area contributed by atoms with Gasteiger partial charge in [0.1, 0.15) is 6.04 Å². The van der Waals surface area contributed by atoms with Gasteiger partial charge in [0.15, 0.2) is 6.29 Å². The highest BCUT2D eigenvalue weighted by Crippen LogP contribution is 2.43. The predicted molar refractivity (Wildman–Crippen MR) is 178 cm³/mol. The molecule has 0 bridgehead atoms. The largest absolute Gasteiger partial charge is 0.467 e. The van der Waals surface area contributed by atoms with E-state index in [1.807, 2.05) is 97.1 Å². The van der Waals surface area contributed by atoms with Crippen molar-refractivity contribution in [3.63, 3.8) is 0 Å².